The molecule has 0 aliphatic heterocycles. The summed E-state index contributed by atoms with van der Waals surface area (Å²) in [5, 5.41) is 9.10. The van der Waals surface area contributed by atoms with Crippen molar-refractivity contribution in [3.63, 3.8) is 0 Å². The Kier molecular flexibility index (Phi) is 5.34. The van der Waals surface area contributed by atoms with Crippen LogP contribution in [0.4, 0.5) is 15.8 Å². The summed E-state index contributed by atoms with van der Waals surface area (Å²) in [4.78, 5) is 2.12. The van der Waals surface area contributed by atoms with Crippen molar-refractivity contribution in [2.45, 2.75) is 16.3 Å². The van der Waals surface area contributed by atoms with Crippen LogP contribution in [0.3, 0.4) is 0 Å². The molecule has 0 radical (unpaired) electrons. The molecule has 0 aliphatic rings. The summed E-state index contributed by atoms with van der Waals surface area (Å²) in [7, 11) is -1.83. The van der Waals surface area contributed by atoms with Crippen molar-refractivity contribution >= 4 is 21.2 Å². The number of nitrogens with two attached hydrogens (primary N) is 1. The molecular weight excluding hydrogens is 377 g/mol. The summed E-state index contributed by atoms with van der Waals surface area (Å²) in [5.74, 6) is -0.487. The van der Waals surface area contributed by atoms with Gasteiger partial charge in [0.25, 0.3) is 0 Å². The first kappa shape index (κ1) is 19.4. The summed E-state index contributed by atoms with van der Waals surface area (Å²) in [5.41, 5.74) is 8.31. The molecule has 0 heterocycles. The molecule has 0 unspecified atom stereocenters. The van der Waals surface area contributed by atoms with Crippen LogP contribution in [0, 0.1) is 17.1 Å². The monoisotopic (exact) mass is 395 g/mol. The molecule has 0 saturated heterocycles. The van der Waals surface area contributed by atoms with Crippen LogP contribution in [-0.4, -0.2) is 15.5 Å². The topological polar surface area (TPSA) is 87.2 Å². The molecule has 0 atom stereocenters. The number of nitriles is 1. The van der Waals surface area contributed by atoms with Crippen molar-refractivity contribution < 1.29 is 12.8 Å². The van der Waals surface area contributed by atoms with E-state index in [1.54, 1.807) is 24.3 Å². The van der Waals surface area contributed by atoms with Gasteiger partial charge in [0.15, 0.2) is 0 Å². The van der Waals surface area contributed by atoms with E-state index >= 15 is 0 Å². The molecule has 3 aromatic rings. The van der Waals surface area contributed by atoms with Gasteiger partial charge < -0.3 is 10.6 Å². The predicted molar refractivity (Wildman–Crippen MR) is 106 cm³/mol. The van der Waals surface area contributed by atoms with Gasteiger partial charge in [0.05, 0.1) is 15.4 Å². The Hall–Kier alpha value is -3.37. The highest BCUT2D eigenvalue weighted by Crippen LogP contribution is 2.24. The predicted octanol–water partition coefficient (Wildman–Crippen LogP) is 3.75. The standard InChI is InChI=1S/C21H18FN3O2S/c1-25(18-6-11-21(24)16(12-18)13-23)14-15-2-7-19(8-3-15)28(26,27)20-9-4-17(22)5-10-20/h2-12H,14,24H2,1H3. The summed E-state index contributed by atoms with van der Waals surface area (Å²) < 4.78 is 38.3. The molecular formula is C21H18FN3O2S. The van der Waals surface area contributed by atoms with Crippen molar-refractivity contribution in [3.8, 4) is 6.07 Å². The fourth-order valence-electron chi connectivity index (χ4n) is 2.77. The van der Waals surface area contributed by atoms with Gasteiger partial charge in [-0.05, 0) is 60.2 Å². The van der Waals surface area contributed by atoms with E-state index in [2.05, 4.69) is 6.07 Å². The Morgan fingerprint density at radius 3 is 2.14 bits per heavy atom. The maximum absolute atomic E-state index is 13.0. The van der Waals surface area contributed by atoms with E-state index in [1.807, 2.05) is 18.0 Å². The number of hydrogen-bond acceptors (Lipinski definition) is 5. The second-order valence-corrected chi connectivity index (χ2v) is 8.29. The van der Waals surface area contributed by atoms with Crippen LogP contribution in [0.1, 0.15) is 11.1 Å². The van der Waals surface area contributed by atoms with Gasteiger partial charge >= 0.3 is 0 Å². The molecule has 0 aromatic heterocycles. The van der Waals surface area contributed by atoms with Gasteiger partial charge in [-0.15, -0.1) is 0 Å². The lowest BCUT2D eigenvalue weighted by Gasteiger charge is -2.20. The van der Waals surface area contributed by atoms with Crippen molar-refractivity contribution in [2.24, 2.45) is 0 Å². The highest BCUT2D eigenvalue weighted by molar-refractivity contribution is 7.91. The zero-order valence-corrected chi connectivity index (χ0v) is 15.9. The third-order valence-electron chi connectivity index (χ3n) is 4.38. The first-order valence-electron chi connectivity index (χ1n) is 8.41. The van der Waals surface area contributed by atoms with E-state index in [-0.39, 0.29) is 9.79 Å². The molecule has 142 valence electrons. The number of rotatable bonds is 5. The molecule has 0 bridgehead atoms. The molecule has 0 saturated carbocycles. The van der Waals surface area contributed by atoms with Gasteiger partial charge in [-0.1, -0.05) is 12.1 Å². The van der Waals surface area contributed by atoms with Gasteiger partial charge in [-0.25, -0.2) is 12.8 Å². The maximum Gasteiger partial charge on any atom is 0.206 e. The largest absolute Gasteiger partial charge is 0.398 e. The molecule has 28 heavy (non-hydrogen) atoms. The van der Waals surface area contributed by atoms with Gasteiger partial charge in [0.1, 0.15) is 11.9 Å². The van der Waals surface area contributed by atoms with E-state index in [9.17, 15) is 12.8 Å². The number of nitrogen functional groups attached to an aromatic ring is 1. The Morgan fingerprint density at radius 2 is 1.57 bits per heavy atom. The average Bonchev–Trinajstić information content (AvgIpc) is 2.69. The van der Waals surface area contributed by atoms with Crippen molar-refractivity contribution in [1.29, 1.82) is 5.26 Å². The summed E-state index contributed by atoms with van der Waals surface area (Å²) >= 11 is 0. The fourth-order valence-corrected chi connectivity index (χ4v) is 4.03. The van der Waals surface area contributed by atoms with Crippen LogP contribution in [0.25, 0.3) is 0 Å². The zero-order valence-electron chi connectivity index (χ0n) is 15.1. The van der Waals surface area contributed by atoms with Crippen LogP contribution in [0.5, 0.6) is 0 Å². The SMILES string of the molecule is CN(Cc1ccc(S(=O)(=O)c2ccc(F)cc2)cc1)c1ccc(N)c(C#N)c1. The van der Waals surface area contributed by atoms with E-state index in [1.165, 1.54) is 24.3 Å². The molecule has 0 fully saturated rings. The fraction of sp³-hybridized carbons (Fsp3) is 0.0952. The molecule has 0 aliphatic carbocycles. The van der Waals surface area contributed by atoms with Crippen LogP contribution in [0.15, 0.2) is 76.5 Å². The average molecular weight is 395 g/mol. The highest BCUT2D eigenvalue weighted by Gasteiger charge is 2.17. The Labute approximate surface area is 163 Å². The van der Waals surface area contributed by atoms with Gasteiger partial charge in [-0.3, -0.25) is 0 Å². The number of anilines is 2. The third-order valence-corrected chi connectivity index (χ3v) is 6.16. The summed E-state index contributed by atoms with van der Waals surface area (Å²) in [6, 6.07) is 18.5. The van der Waals surface area contributed by atoms with Gasteiger partial charge in [-0.2, -0.15) is 5.26 Å². The van der Waals surface area contributed by atoms with E-state index in [0.29, 0.717) is 17.8 Å². The summed E-state index contributed by atoms with van der Waals surface area (Å²) in [6.07, 6.45) is 0. The van der Waals surface area contributed by atoms with Crippen LogP contribution >= 0.6 is 0 Å². The molecule has 3 rings (SSSR count). The molecule has 3 aromatic carbocycles. The number of nitrogens with zero attached hydrogens (tertiary/aromatic N) is 2. The highest BCUT2D eigenvalue weighted by atomic mass is 32.2. The van der Waals surface area contributed by atoms with Crippen molar-refractivity contribution in [1.82, 2.24) is 0 Å². The minimum Gasteiger partial charge on any atom is -0.398 e. The first-order chi connectivity index (χ1) is 13.3. The number of hydrogen-bond donors (Lipinski definition) is 1. The molecule has 0 spiro atoms. The normalized spacial score (nSPS) is 11.0. The molecule has 0 amide bonds. The quantitative estimate of drug-likeness (QED) is 0.525. The van der Waals surface area contributed by atoms with E-state index < -0.39 is 15.7 Å². The van der Waals surface area contributed by atoms with Crippen molar-refractivity contribution in [3.05, 3.63) is 83.7 Å². The van der Waals surface area contributed by atoms with Crippen LogP contribution in [0.2, 0.25) is 0 Å². The Bertz CT molecular complexity index is 1140. The molecule has 5 nitrogen and oxygen atoms in total. The van der Waals surface area contributed by atoms with Gasteiger partial charge in [0.2, 0.25) is 9.84 Å². The first-order valence-corrected chi connectivity index (χ1v) is 9.90. The van der Waals surface area contributed by atoms with Gasteiger partial charge in [0, 0.05) is 25.0 Å². The number of sulfone groups is 1. The van der Waals surface area contributed by atoms with E-state index in [4.69, 9.17) is 11.0 Å². The summed E-state index contributed by atoms with van der Waals surface area (Å²) in [6.45, 7) is 0.520. The number of halogens is 1. The van der Waals surface area contributed by atoms with E-state index in [0.717, 1.165) is 23.4 Å². The van der Waals surface area contributed by atoms with Crippen LogP contribution < -0.4 is 10.6 Å². The second kappa shape index (κ2) is 7.71. The molecule has 2 N–H and O–H groups in total. The maximum atomic E-state index is 13.0. The lowest BCUT2D eigenvalue weighted by Crippen LogP contribution is -2.16. The van der Waals surface area contributed by atoms with Crippen molar-refractivity contribution in [2.75, 3.05) is 17.7 Å². The zero-order chi connectivity index (χ0) is 20.3. The minimum absolute atomic E-state index is 0.0460. The Morgan fingerprint density at radius 1 is 1.00 bits per heavy atom. The lowest BCUT2D eigenvalue weighted by atomic mass is 10.1. The lowest BCUT2D eigenvalue weighted by molar-refractivity contribution is 0.594. The smallest absolute Gasteiger partial charge is 0.206 e. The third kappa shape index (κ3) is 3.97. The Balaban J connectivity index is 1.79. The molecule has 7 heteroatoms. The number of benzene rings is 3. The minimum atomic E-state index is -3.70. The van der Waals surface area contributed by atoms with Crippen LogP contribution in [-0.2, 0) is 16.4 Å². The second-order valence-electron chi connectivity index (χ2n) is 6.34.